The molecule has 1 N–H and O–H groups in total. The minimum Gasteiger partial charge on any atom is -0.471 e. The summed E-state index contributed by atoms with van der Waals surface area (Å²) in [4.78, 5) is 22.5. The Kier molecular flexibility index (Phi) is 6.90. The molecule has 0 fully saturated rings. The molecule has 3 aromatic rings. The van der Waals surface area contributed by atoms with Crippen LogP contribution in [0.25, 0.3) is 11.3 Å². The molecule has 0 aliphatic carbocycles. The molecule has 8 nitrogen and oxygen atoms in total. The molecule has 1 aromatic heterocycles. The number of aromatic nitrogens is 2. The van der Waals surface area contributed by atoms with Gasteiger partial charge in [-0.2, -0.15) is 4.98 Å². The van der Waals surface area contributed by atoms with Gasteiger partial charge in [-0.3, -0.25) is 4.48 Å². The zero-order valence-electron chi connectivity index (χ0n) is 21.6. The van der Waals surface area contributed by atoms with E-state index in [2.05, 4.69) is 28.5 Å². The zero-order valence-corrected chi connectivity index (χ0v) is 22.4. The van der Waals surface area contributed by atoms with Crippen molar-refractivity contribution in [2.45, 2.75) is 45.1 Å². The van der Waals surface area contributed by atoms with Gasteiger partial charge in [-0.1, -0.05) is 38.1 Å². The topological polar surface area (TPSA) is 98.3 Å². The van der Waals surface area contributed by atoms with E-state index >= 15 is 0 Å². The molecule has 1 amide bonds. The highest BCUT2D eigenvalue weighted by Gasteiger charge is 2.38. The van der Waals surface area contributed by atoms with Crippen molar-refractivity contribution in [3.8, 4) is 17.1 Å². The molecule has 0 saturated carbocycles. The lowest BCUT2D eigenvalue weighted by Gasteiger charge is -2.36. The van der Waals surface area contributed by atoms with Crippen LogP contribution in [0.4, 0.5) is 5.95 Å². The van der Waals surface area contributed by atoms with E-state index < -0.39 is 10.0 Å². The van der Waals surface area contributed by atoms with E-state index in [1.165, 1.54) is 12.1 Å². The minimum atomic E-state index is -4.06. The van der Waals surface area contributed by atoms with E-state index in [1.54, 1.807) is 18.2 Å². The molecule has 0 saturated heterocycles. The summed E-state index contributed by atoms with van der Waals surface area (Å²) in [5.41, 5.74) is 3.77. The number of likely N-dealkylation sites (N-methyl/N-ethyl adjacent to an activating group) is 1. The average Bonchev–Trinajstić information content (AvgIpc) is 2.80. The lowest BCUT2D eigenvalue weighted by molar-refractivity contribution is -0.836. The quantitative estimate of drug-likeness (QED) is 0.519. The maximum Gasteiger partial charge on any atom is 0.345 e. The van der Waals surface area contributed by atoms with Crippen LogP contribution in [0.3, 0.4) is 0 Å². The van der Waals surface area contributed by atoms with Gasteiger partial charge in [0.1, 0.15) is 12.6 Å². The predicted octanol–water partition coefficient (Wildman–Crippen LogP) is 4.58. The Balaban J connectivity index is 1.92. The van der Waals surface area contributed by atoms with Crippen LogP contribution < -0.4 is 9.46 Å². The van der Waals surface area contributed by atoms with Crippen LogP contribution in [-0.2, 0) is 10.0 Å². The van der Waals surface area contributed by atoms with Crippen LogP contribution in [0.5, 0.6) is 5.88 Å². The summed E-state index contributed by atoms with van der Waals surface area (Å²) < 4.78 is 35.2. The fourth-order valence-electron chi connectivity index (χ4n) is 4.61. The number of anilines is 1. The van der Waals surface area contributed by atoms with Crippen LogP contribution in [-0.4, -0.2) is 55.5 Å². The van der Waals surface area contributed by atoms with E-state index in [9.17, 15) is 13.2 Å². The van der Waals surface area contributed by atoms with Crippen LogP contribution in [0, 0.1) is 19.8 Å². The van der Waals surface area contributed by atoms with Crippen molar-refractivity contribution in [2.24, 2.45) is 5.92 Å². The fraction of sp³-hybridized carbons (Fsp3) is 0.370. The van der Waals surface area contributed by atoms with Gasteiger partial charge >= 0.3 is 5.91 Å². The van der Waals surface area contributed by atoms with Crippen molar-refractivity contribution < 1.29 is 22.4 Å². The number of carbonyl (C=O) groups excluding carboxylic acids is 1. The van der Waals surface area contributed by atoms with Crippen LogP contribution in [0.2, 0.25) is 0 Å². The number of nitrogens with one attached hydrogen (secondary N) is 1. The number of nitrogens with zero attached hydrogens (tertiary/aromatic N) is 3. The number of hydrogen-bond donors (Lipinski definition) is 1. The Labute approximate surface area is 213 Å². The average molecular weight is 510 g/mol. The summed E-state index contributed by atoms with van der Waals surface area (Å²) in [6.45, 7) is 8.39. The van der Waals surface area contributed by atoms with Crippen molar-refractivity contribution in [1.29, 1.82) is 0 Å². The fourth-order valence-corrected chi connectivity index (χ4v) is 5.60. The molecular weight excluding hydrogens is 476 g/mol. The van der Waals surface area contributed by atoms with Gasteiger partial charge < -0.3 is 4.74 Å². The second-order valence-corrected chi connectivity index (χ2v) is 11.9. The molecule has 1 aliphatic rings. The standard InChI is InChI=1S/C27H33N4O4S/c1-17(2)13-21-16-35-24-15-23(25-18(3)9-7-10-19(25)4)28-27(29-24)30-36(33,34)22-12-8-11-20(14-22)26(32)31(21,5)6/h7-12,14-15,17,21H,13,16H2,1-6H3,(H,28,29,30)/q+1/t21-/m1/s1. The number of amides is 1. The second-order valence-electron chi connectivity index (χ2n) is 10.3. The highest BCUT2D eigenvalue weighted by atomic mass is 32.2. The Morgan fingerprint density at radius 3 is 2.39 bits per heavy atom. The normalized spacial score (nSPS) is 18.9. The Bertz CT molecular complexity index is 1400. The lowest BCUT2D eigenvalue weighted by atomic mass is 10.00. The molecule has 0 unspecified atom stereocenters. The molecular formula is C27H33N4O4S+. The van der Waals surface area contributed by atoms with Crippen molar-refractivity contribution in [1.82, 2.24) is 9.97 Å². The van der Waals surface area contributed by atoms with Crippen LogP contribution in [0.1, 0.15) is 41.8 Å². The molecule has 4 rings (SSSR count). The highest BCUT2D eigenvalue weighted by molar-refractivity contribution is 7.92. The maximum atomic E-state index is 13.6. The monoisotopic (exact) mass is 509 g/mol. The molecule has 36 heavy (non-hydrogen) atoms. The van der Waals surface area contributed by atoms with Gasteiger partial charge in [-0.05, 0) is 49.1 Å². The number of sulfonamides is 1. The first kappa shape index (κ1) is 25.8. The van der Waals surface area contributed by atoms with E-state index in [0.717, 1.165) is 23.1 Å². The molecule has 1 atom stereocenters. The van der Waals surface area contributed by atoms with Crippen molar-refractivity contribution in [3.05, 3.63) is 65.2 Å². The highest BCUT2D eigenvalue weighted by Crippen LogP contribution is 2.30. The van der Waals surface area contributed by atoms with Crippen LogP contribution >= 0.6 is 0 Å². The summed E-state index contributed by atoms with van der Waals surface area (Å²) in [5, 5.41) is 0. The van der Waals surface area contributed by atoms with Gasteiger partial charge in [0.15, 0.2) is 0 Å². The number of aryl methyl sites for hydroxylation is 2. The van der Waals surface area contributed by atoms with E-state index in [1.807, 2.05) is 46.1 Å². The Morgan fingerprint density at radius 1 is 1.06 bits per heavy atom. The number of carbonyl (C=O) groups is 1. The third-order valence-corrected chi connectivity index (χ3v) is 7.99. The lowest BCUT2D eigenvalue weighted by Crippen LogP contribution is -2.56. The van der Waals surface area contributed by atoms with Gasteiger partial charge in [0.25, 0.3) is 10.0 Å². The molecule has 1 aliphatic heterocycles. The number of benzene rings is 2. The third-order valence-electron chi connectivity index (χ3n) is 6.66. The van der Waals surface area contributed by atoms with Gasteiger partial charge in [0.2, 0.25) is 11.8 Å². The van der Waals surface area contributed by atoms with Gasteiger partial charge in [0.05, 0.1) is 30.2 Å². The number of ether oxygens (including phenoxy) is 1. The zero-order chi connectivity index (χ0) is 26.3. The Hall–Kier alpha value is -3.30. The largest absolute Gasteiger partial charge is 0.471 e. The summed E-state index contributed by atoms with van der Waals surface area (Å²) in [5.74, 6) is 0.288. The molecule has 4 bridgehead atoms. The summed E-state index contributed by atoms with van der Waals surface area (Å²) in [7, 11) is -0.384. The van der Waals surface area contributed by atoms with E-state index in [-0.39, 0.29) is 39.8 Å². The van der Waals surface area contributed by atoms with Gasteiger partial charge in [0, 0.05) is 18.1 Å². The molecule has 0 radical (unpaired) electrons. The third kappa shape index (κ3) is 5.12. The van der Waals surface area contributed by atoms with E-state index in [0.29, 0.717) is 17.2 Å². The summed E-state index contributed by atoms with van der Waals surface area (Å²) >= 11 is 0. The minimum absolute atomic E-state index is 0.0107. The molecule has 0 spiro atoms. The number of fused-ring (bicyclic) bond motifs is 4. The van der Waals surface area contributed by atoms with Crippen molar-refractivity contribution >= 4 is 21.9 Å². The SMILES string of the molecule is Cc1cccc(C)c1-c1cc2nc(n1)NS(=O)(=O)c1cccc(c1)C(=O)[N+](C)(C)[C@H](CC(C)C)CO2. The molecule has 9 heteroatoms. The predicted molar refractivity (Wildman–Crippen MR) is 139 cm³/mol. The summed E-state index contributed by atoms with van der Waals surface area (Å²) in [6, 6.07) is 13.5. The number of quaternary nitrogens is 1. The summed E-state index contributed by atoms with van der Waals surface area (Å²) in [6.07, 6.45) is 0.733. The molecule has 2 aromatic carbocycles. The Morgan fingerprint density at radius 2 is 1.72 bits per heavy atom. The smallest absolute Gasteiger partial charge is 0.345 e. The maximum absolute atomic E-state index is 13.6. The van der Waals surface area contributed by atoms with E-state index in [4.69, 9.17) is 4.74 Å². The van der Waals surface area contributed by atoms with Gasteiger partial charge in [-0.25, -0.2) is 22.9 Å². The van der Waals surface area contributed by atoms with Gasteiger partial charge in [-0.15, -0.1) is 0 Å². The first-order valence-electron chi connectivity index (χ1n) is 12.0. The van der Waals surface area contributed by atoms with Crippen molar-refractivity contribution in [3.63, 3.8) is 0 Å². The second kappa shape index (κ2) is 9.63. The van der Waals surface area contributed by atoms with Crippen LogP contribution in [0.15, 0.2) is 53.4 Å². The first-order chi connectivity index (χ1) is 16.9. The molecule has 190 valence electrons. The first-order valence-corrected chi connectivity index (χ1v) is 13.5. The number of hydrogen-bond acceptors (Lipinski definition) is 6. The number of rotatable bonds is 3. The van der Waals surface area contributed by atoms with Crippen molar-refractivity contribution in [2.75, 3.05) is 25.4 Å². The molecule has 2 heterocycles.